The quantitative estimate of drug-likeness (QED) is 0.377. The highest BCUT2D eigenvalue weighted by Gasteiger charge is 2.01. The summed E-state index contributed by atoms with van der Waals surface area (Å²) >= 11 is 11.2. The average molecular weight is 383 g/mol. The van der Waals surface area contributed by atoms with Crippen molar-refractivity contribution in [2.75, 3.05) is 5.32 Å². The number of anilines is 1. The summed E-state index contributed by atoms with van der Waals surface area (Å²) in [6, 6.07) is 19.8. The van der Waals surface area contributed by atoms with E-state index in [1.807, 2.05) is 73.8 Å². The molecule has 0 saturated carbocycles. The van der Waals surface area contributed by atoms with Gasteiger partial charge in [-0.3, -0.25) is 5.43 Å². The second kappa shape index (κ2) is 8.65. The molecule has 132 valence electrons. The number of nitrogens with zero attached hydrogens (tertiary/aromatic N) is 2. The molecule has 2 aromatic carbocycles. The van der Waals surface area contributed by atoms with E-state index in [0.717, 1.165) is 22.9 Å². The molecule has 3 rings (SSSR count). The van der Waals surface area contributed by atoms with Crippen LogP contribution in [-0.2, 0) is 6.54 Å². The van der Waals surface area contributed by atoms with Gasteiger partial charge in [0, 0.05) is 23.5 Å². The van der Waals surface area contributed by atoms with Gasteiger partial charge in [-0.15, -0.1) is 0 Å². The van der Waals surface area contributed by atoms with Crippen molar-refractivity contribution in [2.24, 2.45) is 5.10 Å². The highest BCUT2D eigenvalue weighted by molar-refractivity contribution is 7.80. The van der Waals surface area contributed by atoms with Gasteiger partial charge < -0.3 is 9.88 Å². The highest BCUT2D eigenvalue weighted by atomic mass is 35.5. The largest absolute Gasteiger partial charge is 0.342 e. The molecule has 0 unspecified atom stereocenters. The fraction of sp³-hybridized carbons (Fsp3) is 0.100. The molecular formula is C20H19ClN4S. The summed E-state index contributed by atoms with van der Waals surface area (Å²) in [6.45, 7) is 2.78. The summed E-state index contributed by atoms with van der Waals surface area (Å²) in [6.07, 6.45) is 3.76. The van der Waals surface area contributed by atoms with E-state index in [9.17, 15) is 0 Å². The van der Waals surface area contributed by atoms with Crippen LogP contribution < -0.4 is 10.7 Å². The third kappa shape index (κ3) is 5.18. The van der Waals surface area contributed by atoms with E-state index in [-0.39, 0.29) is 0 Å². The van der Waals surface area contributed by atoms with Crippen LogP contribution in [0.3, 0.4) is 0 Å². The molecule has 0 atom stereocenters. The third-order valence-electron chi connectivity index (χ3n) is 3.77. The summed E-state index contributed by atoms with van der Waals surface area (Å²) in [5.41, 5.74) is 7.10. The summed E-state index contributed by atoms with van der Waals surface area (Å²) in [5, 5.41) is 8.52. The normalized spacial score (nSPS) is 10.8. The molecule has 26 heavy (non-hydrogen) atoms. The van der Waals surface area contributed by atoms with Gasteiger partial charge >= 0.3 is 0 Å². The Hall–Kier alpha value is -2.63. The van der Waals surface area contributed by atoms with E-state index in [4.69, 9.17) is 23.8 Å². The lowest BCUT2D eigenvalue weighted by molar-refractivity contribution is 0.799. The molecule has 0 aliphatic heterocycles. The number of hydrazone groups is 1. The van der Waals surface area contributed by atoms with Gasteiger partial charge in [0.15, 0.2) is 5.11 Å². The zero-order valence-electron chi connectivity index (χ0n) is 14.3. The number of halogens is 1. The molecule has 0 bridgehead atoms. The van der Waals surface area contributed by atoms with Gasteiger partial charge in [-0.05, 0) is 66.7 Å². The first-order chi connectivity index (χ1) is 12.6. The summed E-state index contributed by atoms with van der Waals surface area (Å²) < 4.78 is 2.10. The van der Waals surface area contributed by atoms with E-state index in [1.54, 1.807) is 6.21 Å². The number of nitrogens with one attached hydrogen (secondary N) is 2. The van der Waals surface area contributed by atoms with Crippen LogP contribution in [0.2, 0.25) is 5.02 Å². The van der Waals surface area contributed by atoms with Crippen molar-refractivity contribution in [3.05, 3.63) is 88.7 Å². The van der Waals surface area contributed by atoms with Gasteiger partial charge in [0.2, 0.25) is 0 Å². The van der Waals surface area contributed by atoms with Crippen molar-refractivity contribution in [1.82, 2.24) is 9.99 Å². The molecule has 2 N–H and O–H groups in total. The van der Waals surface area contributed by atoms with Crippen LogP contribution in [0, 0.1) is 6.92 Å². The number of thiocarbonyl (C=S) groups is 1. The number of benzene rings is 2. The Bertz CT molecular complexity index is 916. The lowest BCUT2D eigenvalue weighted by Gasteiger charge is -2.08. The van der Waals surface area contributed by atoms with Crippen molar-refractivity contribution in [1.29, 1.82) is 0 Å². The molecule has 1 heterocycles. The van der Waals surface area contributed by atoms with Crippen LogP contribution in [0.5, 0.6) is 0 Å². The SMILES string of the molecule is Cc1cccc(NC(=S)N/N=C\c2cccn2Cc2ccc(Cl)cc2)c1. The second-order valence-electron chi connectivity index (χ2n) is 5.88. The second-order valence-corrected chi connectivity index (χ2v) is 6.73. The van der Waals surface area contributed by atoms with Crippen LogP contribution >= 0.6 is 23.8 Å². The third-order valence-corrected chi connectivity index (χ3v) is 4.22. The molecule has 0 fully saturated rings. The van der Waals surface area contributed by atoms with E-state index >= 15 is 0 Å². The van der Waals surface area contributed by atoms with Crippen LogP contribution in [-0.4, -0.2) is 15.9 Å². The maximum Gasteiger partial charge on any atom is 0.191 e. The number of hydrogen-bond donors (Lipinski definition) is 2. The molecule has 3 aromatic rings. The Morgan fingerprint density at radius 1 is 1.15 bits per heavy atom. The predicted molar refractivity (Wildman–Crippen MR) is 113 cm³/mol. The average Bonchev–Trinajstić information content (AvgIpc) is 3.04. The van der Waals surface area contributed by atoms with E-state index in [1.165, 1.54) is 11.1 Å². The molecule has 0 saturated heterocycles. The van der Waals surface area contributed by atoms with Crippen molar-refractivity contribution in [3.63, 3.8) is 0 Å². The van der Waals surface area contributed by atoms with Crippen molar-refractivity contribution in [2.45, 2.75) is 13.5 Å². The molecule has 0 radical (unpaired) electrons. The lowest BCUT2D eigenvalue weighted by Crippen LogP contribution is -2.24. The molecule has 0 spiro atoms. The van der Waals surface area contributed by atoms with Gasteiger partial charge in [0.25, 0.3) is 0 Å². The van der Waals surface area contributed by atoms with Crippen molar-refractivity contribution in [3.8, 4) is 0 Å². The topological polar surface area (TPSA) is 41.4 Å². The number of rotatable bonds is 5. The summed E-state index contributed by atoms with van der Waals surface area (Å²) in [4.78, 5) is 0. The Morgan fingerprint density at radius 3 is 2.73 bits per heavy atom. The van der Waals surface area contributed by atoms with E-state index < -0.39 is 0 Å². The van der Waals surface area contributed by atoms with Crippen molar-refractivity contribution < 1.29 is 0 Å². The van der Waals surface area contributed by atoms with Gasteiger partial charge in [-0.2, -0.15) is 5.10 Å². The summed E-state index contributed by atoms with van der Waals surface area (Å²) in [7, 11) is 0. The van der Waals surface area contributed by atoms with E-state index in [0.29, 0.717) is 5.11 Å². The Balaban J connectivity index is 1.58. The minimum atomic E-state index is 0.447. The predicted octanol–water partition coefficient (Wildman–Crippen LogP) is 4.82. The van der Waals surface area contributed by atoms with Crippen LogP contribution in [0.15, 0.2) is 72.0 Å². The number of hydrogen-bond acceptors (Lipinski definition) is 2. The molecule has 0 aliphatic rings. The van der Waals surface area contributed by atoms with Gasteiger partial charge in [-0.1, -0.05) is 35.9 Å². The first kappa shape index (κ1) is 18.2. The number of aryl methyl sites for hydroxylation is 1. The fourth-order valence-electron chi connectivity index (χ4n) is 2.51. The maximum atomic E-state index is 5.94. The minimum Gasteiger partial charge on any atom is -0.342 e. The van der Waals surface area contributed by atoms with Crippen LogP contribution in [0.4, 0.5) is 5.69 Å². The Labute approximate surface area is 163 Å². The summed E-state index contributed by atoms with van der Waals surface area (Å²) in [5.74, 6) is 0. The van der Waals surface area contributed by atoms with Crippen LogP contribution in [0.1, 0.15) is 16.8 Å². The standard InChI is InChI=1S/C20H19ClN4S/c1-15-4-2-5-18(12-15)23-20(26)24-22-13-19-6-3-11-25(19)14-16-7-9-17(21)10-8-16/h2-13H,14H2,1H3,(H2,23,24,26)/b22-13-. The Morgan fingerprint density at radius 2 is 1.96 bits per heavy atom. The smallest absolute Gasteiger partial charge is 0.191 e. The van der Waals surface area contributed by atoms with Gasteiger partial charge in [0.05, 0.1) is 11.9 Å². The molecule has 0 aliphatic carbocycles. The molecule has 0 amide bonds. The molecule has 4 nitrogen and oxygen atoms in total. The zero-order valence-corrected chi connectivity index (χ0v) is 15.9. The zero-order chi connectivity index (χ0) is 18.4. The van der Waals surface area contributed by atoms with E-state index in [2.05, 4.69) is 20.4 Å². The lowest BCUT2D eigenvalue weighted by atomic mass is 10.2. The molecular weight excluding hydrogens is 364 g/mol. The maximum absolute atomic E-state index is 5.94. The highest BCUT2D eigenvalue weighted by Crippen LogP contribution is 2.12. The van der Waals surface area contributed by atoms with Gasteiger partial charge in [0.1, 0.15) is 0 Å². The van der Waals surface area contributed by atoms with Gasteiger partial charge in [-0.25, -0.2) is 0 Å². The van der Waals surface area contributed by atoms with Crippen LogP contribution in [0.25, 0.3) is 0 Å². The van der Waals surface area contributed by atoms with Crippen molar-refractivity contribution >= 4 is 40.8 Å². The fourth-order valence-corrected chi connectivity index (χ4v) is 2.81. The Kier molecular flexibility index (Phi) is 6.04. The minimum absolute atomic E-state index is 0.447. The first-order valence-electron chi connectivity index (χ1n) is 8.16. The first-order valence-corrected chi connectivity index (χ1v) is 8.95. The molecule has 1 aromatic heterocycles. The monoisotopic (exact) mass is 382 g/mol. The number of aromatic nitrogens is 1. The molecule has 6 heteroatoms.